The molecular weight excluding hydrogens is 308 g/mol. The predicted octanol–water partition coefficient (Wildman–Crippen LogP) is 3.46. The minimum absolute atomic E-state index is 0.0274. The first-order valence-corrected chi connectivity index (χ1v) is 9.04. The van der Waals surface area contributed by atoms with Crippen LogP contribution in [0.3, 0.4) is 0 Å². The second-order valence-corrected chi connectivity index (χ2v) is 7.61. The maximum absolute atomic E-state index is 12.4. The van der Waals surface area contributed by atoms with Gasteiger partial charge in [-0.05, 0) is 37.0 Å². The van der Waals surface area contributed by atoms with Crippen LogP contribution in [0, 0.1) is 17.2 Å². The minimum Gasteiger partial charge on any atom is -0.208 e. The number of hydrogen-bond acceptors (Lipinski definition) is 3. The van der Waals surface area contributed by atoms with Gasteiger partial charge in [0.1, 0.15) is 4.90 Å². The smallest absolute Gasteiger partial charge is 0.208 e. The van der Waals surface area contributed by atoms with Gasteiger partial charge in [-0.25, -0.2) is 13.1 Å². The summed E-state index contributed by atoms with van der Waals surface area (Å²) in [7, 11) is -3.64. The molecule has 0 saturated heterocycles. The number of nitrogens with one attached hydrogen (secondary N) is 1. The van der Waals surface area contributed by atoms with Gasteiger partial charge in [0, 0.05) is 6.04 Å². The Bertz CT molecular complexity index is 652. The standard InChI is InChI=1S/C15H19ClN2O2S/c1-2-11-4-3-5-13(8-11)18-21(19,20)15-7-6-12(10-17)9-14(15)16/h6-7,9,11,13,18H,2-5,8H2,1H3. The van der Waals surface area contributed by atoms with E-state index in [0.717, 1.165) is 25.7 Å². The largest absolute Gasteiger partial charge is 0.242 e. The molecule has 0 aliphatic heterocycles. The number of hydrogen-bond donors (Lipinski definition) is 1. The van der Waals surface area contributed by atoms with E-state index in [9.17, 15) is 8.42 Å². The molecule has 1 fully saturated rings. The molecule has 2 rings (SSSR count). The Morgan fingerprint density at radius 2 is 2.19 bits per heavy atom. The highest BCUT2D eigenvalue weighted by atomic mass is 35.5. The van der Waals surface area contributed by atoms with Crippen LogP contribution in [0.1, 0.15) is 44.6 Å². The molecule has 1 N–H and O–H groups in total. The number of halogens is 1. The molecule has 0 amide bonds. The van der Waals surface area contributed by atoms with Crippen molar-refractivity contribution in [2.24, 2.45) is 5.92 Å². The number of benzene rings is 1. The predicted molar refractivity (Wildman–Crippen MR) is 82.5 cm³/mol. The van der Waals surface area contributed by atoms with E-state index in [1.54, 1.807) is 0 Å². The quantitative estimate of drug-likeness (QED) is 0.921. The molecule has 0 heterocycles. The van der Waals surface area contributed by atoms with Crippen LogP contribution in [0.4, 0.5) is 0 Å². The van der Waals surface area contributed by atoms with Gasteiger partial charge in [-0.1, -0.05) is 37.8 Å². The Labute approximate surface area is 131 Å². The monoisotopic (exact) mass is 326 g/mol. The third kappa shape index (κ3) is 3.97. The lowest BCUT2D eigenvalue weighted by molar-refractivity contribution is 0.301. The van der Waals surface area contributed by atoms with E-state index in [4.69, 9.17) is 16.9 Å². The Morgan fingerprint density at radius 3 is 2.81 bits per heavy atom. The van der Waals surface area contributed by atoms with Crippen molar-refractivity contribution in [1.29, 1.82) is 5.26 Å². The molecule has 0 radical (unpaired) electrons. The van der Waals surface area contributed by atoms with Crippen LogP contribution in [0.25, 0.3) is 0 Å². The first-order valence-electron chi connectivity index (χ1n) is 7.18. The first kappa shape index (κ1) is 16.3. The van der Waals surface area contributed by atoms with Gasteiger partial charge in [0.15, 0.2) is 0 Å². The van der Waals surface area contributed by atoms with Crippen molar-refractivity contribution in [2.75, 3.05) is 0 Å². The molecule has 0 spiro atoms. The van der Waals surface area contributed by atoms with E-state index in [2.05, 4.69) is 11.6 Å². The van der Waals surface area contributed by atoms with Crippen molar-refractivity contribution in [3.63, 3.8) is 0 Å². The zero-order chi connectivity index (χ0) is 15.5. The molecule has 21 heavy (non-hydrogen) atoms. The van der Waals surface area contributed by atoms with Crippen molar-refractivity contribution in [3.05, 3.63) is 28.8 Å². The average molecular weight is 327 g/mol. The normalized spacial score (nSPS) is 22.7. The fraction of sp³-hybridized carbons (Fsp3) is 0.533. The van der Waals surface area contributed by atoms with Crippen LogP contribution in [0.2, 0.25) is 5.02 Å². The molecule has 1 aliphatic rings. The number of nitrogens with zero attached hydrogens (tertiary/aromatic N) is 1. The van der Waals surface area contributed by atoms with Crippen molar-refractivity contribution >= 4 is 21.6 Å². The van der Waals surface area contributed by atoms with Crippen LogP contribution >= 0.6 is 11.6 Å². The molecule has 0 aromatic heterocycles. The summed E-state index contributed by atoms with van der Waals surface area (Å²) in [6.45, 7) is 2.14. The van der Waals surface area contributed by atoms with Crippen LogP contribution in [-0.4, -0.2) is 14.5 Å². The number of sulfonamides is 1. The molecule has 2 atom stereocenters. The van der Waals surface area contributed by atoms with Gasteiger partial charge in [0.2, 0.25) is 10.0 Å². The third-order valence-corrected chi connectivity index (χ3v) is 6.04. The fourth-order valence-corrected chi connectivity index (χ4v) is 4.67. The number of nitriles is 1. The van der Waals surface area contributed by atoms with Gasteiger partial charge in [-0.2, -0.15) is 5.26 Å². The van der Waals surface area contributed by atoms with E-state index in [1.807, 2.05) is 6.07 Å². The molecule has 114 valence electrons. The van der Waals surface area contributed by atoms with E-state index >= 15 is 0 Å². The highest BCUT2D eigenvalue weighted by molar-refractivity contribution is 7.89. The van der Waals surface area contributed by atoms with Crippen molar-refractivity contribution < 1.29 is 8.42 Å². The Hall–Kier alpha value is -1.09. The molecule has 1 saturated carbocycles. The maximum atomic E-state index is 12.4. The average Bonchev–Trinajstić information content (AvgIpc) is 2.46. The number of rotatable bonds is 4. The van der Waals surface area contributed by atoms with Gasteiger partial charge >= 0.3 is 0 Å². The molecule has 4 nitrogen and oxygen atoms in total. The van der Waals surface area contributed by atoms with Crippen LogP contribution in [-0.2, 0) is 10.0 Å². The maximum Gasteiger partial charge on any atom is 0.242 e. The Balaban J connectivity index is 2.17. The van der Waals surface area contributed by atoms with E-state index in [0.29, 0.717) is 11.5 Å². The van der Waals surface area contributed by atoms with Crippen molar-refractivity contribution in [3.8, 4) is 6.07 Å². The van der Waals surface area contributed by atoms with Gasteiger partial charge in [0.05, 0.1) is 16.7 Å². The minimum atomic E-state index is -3.64. The van der Waals surface area contributed by atoms with Gasteiger partial charge in [-0.15, -0.1) is 0 Å². The SMILES string of the molecule is CCC1CCCC(NS(=O)(=O)c2ccc(C#N)cc2Cl)C1. The second kappa shape index (κ2) is 6.78. The van der Waals surface area contributed by atoms with Crippen LogP contribution in [0.15, 0.2) is 23.1 Å². The molecule has 0 bridgehead atoms. The summed E-state index contributed by atoms with van der Waals surface area (Å²) in [5, 5.41) is 8.89. The van der Waals surface area contributed by atoms with E-state index in [1.165, 1.54) is 24.6 Å². The summed E-state index contributed by atoms with van der Waals surface area (Å²) in [5.41, 5.74) is 0.350. The molecule has 1 aromatic carbocycles. The zero-order valence-electron chi connectivity index (χ0n) is 12.0. The topological polar surface area (TPSA) is 70.0 Å². The molecule has 6 heteroatoms. The summed E-state index contributed by atoms with van der Waals surface area (Å²) in [6, 6.07) is 6.16. The highest BCUT2D eigenvalue weighted by Crippen LogP contribution is 2.29. The van der Waals surface area contributed by atoms with E-state index < -0.39 is 10.0 Å². The van der Waals surface area contributed by atoms with Crippen LogP contribution < -0.4 is 4.72 Å². The molecule has 1 aliphatic carbocycles. The summed E-state index contributed by atoms with van der Waals surface area (Å²) in [6.07, 6.45) is 5.04. The zero-order valence-corrected chi connectivity index (χ0v) is 13.5. The van der Waals surface area contributed by atoms with Gasteiger partial charge in [0.25, 0.3) is 0 Å². The summed E-state index contributed by atoms with van der Waals surface area (Å²) >= 11 is 6.00. The first-order chi connectivity index (χ1) is 9.96. The lowest BCUT2D eigenvalue weighted by Gasteiger charge is -2.29. The summed E-state index contributed by atoms with van der Waals surface area (Å²) in [4.78, 5) is 0.0433. The lowest BCUT2D eigenvalue weighted by atomic mass is 9.85. The van der Waals surface area contributed by atoms with E-state index in [-0.39, 0.29) is 16.0 Å². The Kier molecular flexibility index (Phi) is 5.26. The summed E-state index contributed by atoms with van der Waals surface area (Å²) in [5.74, 6) is 0.586. The van der Waals surface area contributed by atoms with Crippen molar-refractivity contribution in [1.82, 2.24) is 4.72 Å². The second-order valence-electron chi connectivity index (χ2n) is 5.52. The third-order valence-electron chi connectivity index (χ3n) is 4.03. The molecule has 1 aromatic rings. The van der Waals surface area contributed by atoms with Gasteiger partial charge < -0.3 is 0 Å². The van der Waals surface area contributed by atoms with Crippen molar-refractivity contribution in [2.45, 2.75) is 50.0 Å². The molecule has 2 unspecified atom stereocenters. The highest BCUT2D eigenvalue weighted by Gasteiger charge is 2.27. The van der Waals surface area contributed by atoms with Crippen LogP contribution in [0.5, 0.6) is 0 Å². The fourth-order valence-electron chi connectivity index (χ4n) is 2.84. The Morgan fingerprint density at radius 1 is 1.43 bits per heavy atom. The molecular formula is C15H19ClN2O2S. The van der Waals surface area contributed by atoms with Gasteiger partial charge in [-0.3, -0.25) is 0 Å². The summed E-state index contributed by atoms with van der Waals surface area (Å²) < 4.78 is 27.6. The lowest BCUT2D eigenvalue weighted by Crippen LogP contribution is -2.38.